The Hall–Kier alpha value is -1.97. The van der Waals surface area contributed by atoms with E-state index in [1.54, 1.807) is 0 Å². The van der Waals surface area contributed by atoms with Gasteiger partial charge in [0.05, 0.1) is 23.7 Å². The van der Waals surface area contributed by atoms with Gasteiger partial charge in [-0.25, -0.2) is 13.2 Å². The topological polar surface area (TPSA) is 130 Å². The summed E-state index contributed by atoms with van der Waals surface area (Å²) in [7, 11) is -3.06. The van der Waals surface area contributed by atoms with Crippen LogP contribution in [0.5, 0.6) is 0 Å². The van der Waals surface area contributed by atoms with Gasteiger partial charge < -0.3 is 14.9 Å². The van der Waals surface area contributed by atoms with Gasteiger partial charge in [-0.15, -0.1) is 0 Å². The molecular formula is C12H15NO7S. The van der Waals surface area contributed by atoms with E-state index >= 15 is 0 Å². The predicted octanol–water partition coefficient (Wildman–Crippen LogP) is -0.414. The Morgan fingerprint density at radius 1 is 1.33 bits per heavy atom. The maximum Gasteiger partial charge on any atom is 0.337 e. The second kappa shape index (κ2) is 6.66. The van der Waals surface area contributed by atoms with Crippen molar-refractivity contribution in [3.8, 4) is 0 Å². The molecule has 0 saturated carbocycles. The zero-order valence-corrected chi connectivity index (χ0v) is 12.1. The van der Waals surface area contributed by atoms with E-state index in [4.69, 9.17) is 5.11 Å². The molecule has 0 fully saturated rings. The zero-order valence-electron chi connectivity index (χ0n) is 11.3. The highest BCUT2D eigenvalue weighted by Gasteiger charge is 2.29. The lowest BCUT2D eigenvalue weighted by molar-refractivity contribution is -0.141. The molecule has 3 N–H and O–H groups in total. The van der Waals surface area contributed by atoms with Gasteiger partial charge in [0.1, 0.15) is 6.04 Å². The molecule has 2 unspecified atom stereocenters. The lowest BCUT2D eigenvalue weighted by atomic mass is 10.2. The normalized spacial score (nSPS) is 14.2. The summed E-state index contributed by atoms with van der Waals surface area (Å²) in [6.45, 7) is 1.15. The molecule has 0 bridgehead atoms. The largest absolute Gasteiger partial charge is 0.480 e. The Morgan fingerprint density at radius 3 is 2.43 bits per heavy atom. The number of esters is 1. The molecule has 0 saturated heterocycles. The number of ether oxygens (including phenoxy) is 1. The van der Waals surface area contributed by atoms with Gasteiger partial charge >= 0.3 is 11.9 Å². The first-order valence-electron chi connectivity index (χ1n) is 5.80. The Morgan fingerprint density at radius 2 is 1.95 bits per heavy atom. The van der Waals surface area contributed by atoms with Gasteiger partial charge in [-0.05, 0) is 25.1 Å². The van der Waals surface area contributed by atoms with E-state index in [1.807, 2.05) is 4.72 Å². The average Bonchev–Trinajstić information content (AvgIpc) is 2.43. The summed E-state index contributed by atoms with van der Waals surface area (Å²) in [6.07, 6.45) is -1.43. The van der Waals surface area contributed by atoms with Crippen LogP contribution in [-0.2, 0) is 19.6 Å². The highest BCUT2D eigenvalue weighted by Crippen LogP contribution is 2.13. The van der Waals surface area contributed by atoms with E-state index in [-0.39, 0.29) is 10.5 Å². The minimum absolute atomic E-state index is 0.00398. The van der Waals surface area contributed by atoms with Crippen molar-refractivity contribution < 1.29 is 33.0 Å². The Balaban J connectivity index is 3.13. The van der Waals surface area contributed by atoms with Crippen molar-refractivity contribution in [2.24, 2.45) is 0 Å². The Labute approximate surface area is 121 Å². The molecule has 0 aliphatic heterocycles. The van der Waals surface area contributed by atoms with Crippen molar-refractivity contribution in [1.82, 2.24) is 4.72 Å². The lowest BCUT2D eigenvalue weighted by Crippen LogP contribution is -2.47. The molecule has 21 heavy (non-hydrogen) atoms. The highest BCUT2D eigenvalue weighted by atomic mass is 32.2. The molecule has 1 rings (SSSR count). The smallest absolute Gasteiger partial charge is 0.337 e. The van der Waals surface area contributed by atoms with E-state index in [1.165, 1.54) is 18.2 Å². The number of aliphatic carboxylic acids is 1. The standard InChI is InChI=1S/C12H15NO7S/c1-7(14)10(11(15)16)13-21(18,19)9-5-3-4-8(6-9)12(17)20-2/h3-7,10,13-14H,1-2H3,(H,15,16). The number of rotatable bonds is 6. The molecule has 8 nitrogen and oxygen atoms in total. The Bertz CT molecular complexity index is 639. The third-order valence-corrected chi connectivity index (χ3v) is 4.03. The molecule has 0 spiro atoms. The Kier molecular flexibility index (Phi) is 5.41. The molecule has 0 aliphatic rings. The number of carboxylic acids is 1. The molecular weight excluding hydrogens is 302 g/mol. The van der Waals surface area contributed by atoms with Gasteiger partial charge in [-0.3, -0.25) is 4.79 Å². The third-order valence-electron chi connectivity index (χ3n) is 2.60. The van der Waals surface area contributed by atoms with Crippen LogP contribution < -0.4 is 4.72 Å². The summed E-state index contributed by atoms with van der Waals surface area (Å²) in [5.41, 5.74) is 0.00398. The van der Waals surface area contributed by atoms with Crippen LogP contribution in [0.3, 0.4) is 0 Å². The number of carbonyl (C=O) groups excluding carboxylic acids is 1. The second-order valence-electron chi connectivity index (χ2n) is 4.20. The lowest BCUT2D eigenvalue weighted by Gasteiger charge is -2.17. The van der Waals surface area contributed by atoms with Crippen LogP contribution in [0.25, 0.3) is 0 Å². The monoisotopic (exact) mass is 317 g/mol. The number of benzene rings is 1. The number of hydrogen-bond donors (Lipinski definition) is 3. The number of aliphatic hydroxyl groups excluding tert-OH is 1. The average molecular weight is 317 g/mol. The highest BCUT2D eigenvalue weighted by molar-refractivity contribution is 7.89. The van der Waals surface area contributed by atoms with E-state index in [0.717, 1.165) is 20.1 Å². The summed E-state index contributed by atoms with van der Waals surface area (Å²) in [6, 6.07) is 3.22. The fourth-order valence-electron chi connectivity index (χ4n) is 1.50. The van der Waals surface area contributed by atoms with Crippen LogP contribution in [0.15, 0.2) is 29.2 Å². The maximum absolute atomic E-state index is 12.1. The first-order chi connectivity index (χ1) is 9.69. The van der Waals surface area contributed by atoms with Crippen molar-refractivity contribution in [1.29, 1.82) is 0 Å². The van der Waals surface area contributed by atoms with Crippen molar-refractivity contribution in [3.63, 3.8) is 0 Å². The van der Waals surface area contributed by atoms with Crippen LogP contribution in [0.4, 0.5) is 0 Å². The summed E-state index contributed by atoms with van der Waals surface area (Å²) < 4.78 is 30.5. The number of carbonyl (C=O) groups is 2. The van der Waals surface area contributed by atoms with E-state index in [9.17, 15) is 23.1 Å². The first kappa shape index (κ1) is 17.1. The molecule has 9 heteroatoms. The van der Waals surface area contributed by atoms with Gasteiger partial charge in [0.2, 0.25) is 10.0 Å². The zero-order chi connectivity index (χ0) is 16.2. The molecule has 116 valence electrons. The summed E-state index contributed by atoms with van der Waals surface area (Å²) in [4.78, 5) is 22.0. The van der Waals surface area contributed by atoms with Crippen molar-refractivity contribution in [2.45, 2.75) is 24.0 Å². The van der Waals surface area contributed by atoms with Crippen molar-refractivity contribution in [3.05, 3.63) is 29.8 Å². The fraction of sp³-hybridized carbons (Fsp3) is 0.333. The van der Waals surface area contributed by atoms with E-state index in [2.05, 4.69) is 4.74 Å². The number of hydrogen-bond acceptors (Lipinski definition) is 6. The summed E-state index contributed by atoms with van der Waals surface area (Å²) in [5, 5.41) is 18.2. The molecule has 0 aromatic heterocycles. The van der Waals surface area contributed by atoms with Crippen LogP contribution in [-0.4, -0.2) is 49.8 Å². The maximum atomic E-state index is 12.1. The van der Waals surface area contributed by atoms with Crippen LogP contribution in [0.1, 0.15) is 17.3 Å². The van der Waals surface area contributed by atoms with E-state index in [0.29, 0.717) is 0 Å². The first-order valence-corrected chi connectivity index (χ1v) is 7.29. The molecule has 1 aromatic carbocycles. The van der Waals surface area contributed by atoms with Gasteiger partial charge in [-0.2, -0.15) is 4.72 Å². The van der Waals surface area contributed by atoms with Crippen molar-refractivity contribution in [2.75, 3.05) is 7.11 Å². The molecule has 0 amide bonds. The minimum Gasteiger partial charge on any atom is -0.480 e. The third kappa shape index (κ3) is 4.25. The minimum atomic E-state index is -4.21. The second-order valence-corrected chi connectivity index (χ2v) is 5.91. The number of sulfonamides is 1. The summed E-state index contributed by atoms with van der Waals surface area (Å²) in [5.74, 6) is -2.24. The van der Waals surface area contributed by atoms with Gasteiger partial charge in [0.15, 0.2) is 0 Å². The molecule has 0 heterocycles. The number of aliphatic hydroxyl groups is 1. The van der Waals surface area contributed by atoms with Crippen LogP contribution in [0, 0.1) is 0 Å². The van der Waals surface area contributed by atoms with Gasteiger partial charge in [0, 0.05) is 0 Å². The number of nitrogens with one attached hydrogen (secondary N) is 1. The van der Waals surface area contributed by atoms with E-state index < -0.39 is 34.1 Å². The fourth-order valence-corrected chi connectivity index (χ4v) is 2.81. The van der Waals surface area contributed by atoms with Crippen LogP contribution >= 0.6 is 0 Å². The van der Waals surface area contributed by atoms with Crippen molar-refractivity contribution >= 4 is 22.0 Å². The van der Waals surface area contributed by atoms with Gasteiger partial charge in [-0.1, -0.05) is 6.07 Å². The molecule has 2 atom stereocenters. The predicted molar refractivity (Wildman–Crippen MR) is 71.2 cm³/mol. The molecule has 0 radical (unpaired) electrons. The molecule has 1 aromatic rings. The molecule has 0 aliphatic carbocycles. The quantitative estimate of drug-likeness (QED) is 0.608. The SMILES string of the molecule is COC(=O)c1cccc(S(=O)(=O)NC(C(=O)O)C(C)O)c1. The number of carboxylic acid groups (broad SMARTS) is 1. The van der Waals surface area contributed by atoms with Gasteiger partial charge in [0.25, 0.3) is 0 Å². The van der Waals surface area contributed by atoms with Crippen LogP contribution in [0.2, 0.25) is 0 Å². The number of methoxy groups -OCH3 is 1. The summed E-state index contributed by atoms with van der Waals surface area (Å²) >= 11 is 0.